The number of rotatable bonds is 6. The molecule has 0 aliphatic heterocycles. The first-order chi connectivity index (χ1) is 11.3. The summed E-state index contributed by atoms with van der Waals surface area (Å²) in [5, 5.41) is 14.0. The van der Waals surface area contributed by atoms with Crippen LogP contribution >= 0.6 is 0 Å². The number of hydrogen-bond donors (Lipinski definition) is 3. The summed E-state index contributed by atoms with van der Waals surface area (Å²) in [6, 6.07) is 6.80. The molecule has 7 nitrogen and oxygen atoms in total. The van der Waals surface area contributed by atoms with E-state index in [4.69, 9.17) is 5.11 Å². The summed E-state index contributed by atoms with van der Waals surface area (Å²) >= 11 is 0. The highest BCUT2D eigenvalue weighted by Crippen LogP contribution is 2.28. The van der Waals surface area contributed by atoms with E-state index < -0.39 is 18.9 Å². The van der Waals surface area contributed by atoms with E-state index in [1.165, 1.54) is 24.3 Å². The first kappa shape index (κ1) is 17.3. The van der Waals surface area contributed by atoms with Crippen LogP contribution < -0.4 is 15.4 Å². The molecule has 0 fully saturated rings. The molecular weight excluding hydrogens is 329 g/mol. The molecule has 1 aromatic carbocycles. The van der Waals surface area contributed by atoms with Crippen LogP contribution in [-0.4, -0.2) is 41.0 Å². The number of carbonyl (C=O) groups is 1. The lowest BCUT2D eigenvalue weighted by atomic mass is 10.1. The first-order valence-corrected chi connectivity index (χ1v) is 6.65. The summed E-state index contributed by atoms with van der Waals surface area (Å²) < 4.78 is 40.8. The van der Waals surface area contributed by atoms with Gasteiger partial charge in [-0.2, -0.15) is 4.98 Å². The van der Waals surface area contributed by atoms with Gasteiger partial charge in [-0.05, 0) is 12.1 Å². The van der Waals surface area contributed by atoms with Crippen molar-refractivity contribution < 1.29 is 27.8 Å². The van der Waals surface area contributed by atoms with Crippen LogP contribution in [-0.2, 0) is 4.79 Å². The van der Waals surface area contributed by atoms with Crippen molar-refractivity contribution in [2.45, 2.75) is 6.36 Å². The fraction of sp³-hybridized carbons (Fsp3) is 0.214. The van der Waals surface area contributed by atoms with Gasteiger partial charge >= 0.3 is 12.3 Å². The van der Waals surface area contributed by atoms with E-state index in [-0.39, 0.29) is 11.7 Å². The standard InChI is InChI=1S/C14H13F3N4O3/c1-18-11-6-10(20-13(21-11)19-7-12(22)23)8-3-2-4-9(5-8)24-14(15,16)17/h2-6H,7H2,1H3,(H,22,23)(H2,18,19,20,21). The van der Waals surface area contributed by atoms with Gasteiger partial charge in [0.25, 0.3) is 0 Å². The van der Waals surface area contributed by atoms with Crippen LogP contribution in [0.25, 0.3) is 11.3 Å². The molecule has 0 amide bonds. The van der Waals surface area contributed by atoms with E-state index in [2.05, 4.69) is 25.3 Å². The first-order valence-electron chi connectivity index (χ1n) is 6.65. The van der Waals surface area contributed by atoms with Crippen molar-refractivity contribution in [3.8, 4) is 17.0 Å². The Morgan fingerprint density at radius 1 is 1.29 bits per heavy atom. The Labute approximate surface area is 134 Å². The van der Waals surface area contributed by atoms with Gasteiger partial charge in [-0.1, -0.05) is 12.1 Å². The van der Waals surface area contributed by atoms with Gasteiger partial charge in [0.1, 0.15) is 18.1 Å². The SMILES string of the molecule is CNc1cc(-c2cccc(OC(F)(F)F)c2)nc(NCC(=O)O)n1. The summed E-state index contributed by atoms with van der Waals surface area (Å²) in [7, 11) is 1.59. The average molecular weight is 342 g/mol. The van der Waals surface area contributed by atoms with Gasteiger partial charge in [0.2, 0.25) is 5.95 Å². The van der Waals surface area contributed by atoms with Crippen LogP contribution in [0.3, 0.4) is 0 Å². The minimum absolute atomic E-state index is 0.0291. The number of alkyl halides is 3. The van der Waals surface area contributed by atoms with E-state index in [9.17, 15) is 18.0 Å². The number of anilines is 2. The lowest BCUT2D eigenvalue weighted by Crippen LogP contribution is -2.17. The monoisotopic (exact) mass is 342 g/mol. The number of aromatic nitrogens is 2. The average Bonchev–Trinajstić information content (AvgIpc) is 2.51. The van der Waals surface area contributed by atoms with E-state index in [1.807, 2.05) is 0 Å². The van der Waals surface area contributed by atoms with Crippen molar-refractivity contribution in [2.24, 2.45) is 0 Å². The quantitative estimate of drug-likeness (QED) is 0.742. The minimum Gasteiger partial charge on any atom is -0.480 e. The smallest absolute Gasteiger partial charge is 0.480 e. The topological polar surface area (TPSA) is 96.4 Å². The van der Waals surface area contributed by atoms with Crippen molar-refractivity contribution in [2.75, 3.05) is 24.2 Å². The maximum atomic E-state index is 12.3. The predicted molar refractivity (Wildman–Crippen MR) is 79.8 cm³/mol. The highest BCUT2D eigenvalue weighted by molar-refractivity contribution is 5.72. The van der Waals surface area contributed by atoms with Crippen molar-refractivity contribution in [3.05, 3.63) is 30.3 Å². The number of benzene rings is 1. The summed E-state index contributed by atoms with van der Waals surface area (Å²) in [6.45, 7) is -0.399. The maximum Gasteiger partial charge on any atom is 0.573 e. The molecule has 2 aromatic rings. The fourth-order valence-electron chi connectivity index (χ4n) is 1.81. The summed E-state index contributed by atoms with van der Waals surface area (Å²) in [5.41, 5.74) is 0.656. The van der Waals surface area contributed by atoms with Crippen LogP contribution in [0, 0.1) is 0 Å². The van der Waals surface area contributed by atoms with Crippen LogP contribution in [0.1, 0.15) is 0 Å². The minimum atomic E-state index is -4.80. The van der Waals surface area contributed by atoms with Crippen LogP contribution in [0.4, 0.5) is 24.9 Å². The zero-order chi connectivity index (χ0) is 17.7. The Bertz CT molecular complexity index is 737. The van der Waals surface area contributed by atoms with E-state index in [0.29, 0.717) is 17.1 Å². The zero-order valence-electron chi connectivity index (χ0n) is 12.4. The molecule has 1 heterocycles. The number of aliphatic carboxylic acids is 1. The van der Waals surface area contributed by atoms with Gasteiger partial charge in [0, 0.05) is 18.7 Å². The van der Waals surface area contributed by atoms with E-state index >= 15 is 0 Å². The van der Waals surface area contributed by atoms with Crippen LogP contribution in [0.5, 0.6) is 5.75 Å². The second-order valence-electron chi connectivity index (χ2n) is 4.53. The highest BCUT2D eigenvalue weighted by Gasteiger charge is 2.31. The molecule has 128 valence electrons. The summed E-state index contributed by atoms with van der Waals surface area (Å²) in [5.74, 6) is -1.09. The number of ether oxygens (including phenoxy) is 1. The lowest BCUT2D eigenvalue weighted by Gasteiger charge is -2.11. The number of carboxylic acid groups (broad SMARTS) is 1. The van der Waals surface area contributed by atoms with Gasteiger partial charge in [0.05, 0.1) is 5.69 Å². The van der Waals surface area contributed by atoms with Gasteiger partial charge in [-0.3, -0.25) is 4.79 Å². The molecular formula is C14H13F3N4O3. The fourth-order valence-corrected chi connectivity index (χ4v) is 1.81. The third-order valence-electron chi connectivity index (χ3n) is 2.74. The van der Waals surface area contributed by atoms with Gasteiger partial charge in [-0.25, -0.2) is 4.98 Å². The van der Waals surface area contributed by atoms with Crippen molar-refractivity contribution in [1.82, 2.24) is 9.97 Å². The largest absolute Gasteiger partial charge is 0.573 e. The Kier molecular flexibility index (Phi) is 5.07. The van der Waals surface area contributed by atoms with E-state index in [1.54, 1.807) is 13.1 Å². The van der Waals surface area contributed by atoms with Crippen LogP contribution in [0.15, 0.2) is 30.3 Å². The highest BCUT2D eigenvalue weighted by atomic mass is 19.4. The van der Waals surface area contributed by atoms with Crippen LogP contribution in [0.2, 0.25) is 0 Å². The molecule has 24 heavy (non-hydrogen) atoms. The molecule has 0 radical (unpaired) electrons. The van der Waals surface area contributed by atoms with E-state index in [0.717, 1.165) is 0 Å². The molecule has 0 aliphatic carbocycles. The number of carboxylic acids is 1. The molecule has 2 rings (SSSR count). The Morgan fingerprint density at radius 2 is 2.04 bits per heavy atom. The molecule has 0 saturated carbocycles. The molecule has 0 unspecified atom stereocenters. The maximum absolute atomic E-state index is 12.3. The Hall–Kier alpha value is -3.04. The second-order valence-corrected chi connectivity index (χ2v) is 4.53. The zero-order valence-corrected chi connectivity index (χ0v) is 12.4. The molecule has 10 heteroatoms. The third-order valence-corrected chi connectivity index (χ3v) is 2.74. The molecule has 0 atom stereocenters. The Morgan fingerprint density at radius 3 is 2.67 bits per heavy atom. The third kappa shape index (κ3) is 5.00. The van der Waals surface area contributed by atoms with Gasteiger partial charge in [-0.15, -0.1) is 13.2 Å². The van der Waals surface area contributed by atoms with Crippen molar-refractivity contribution in [1.29, 1.82) is 0 Å². The van der Waals surface area contributed by atoms with Crippen molar-refractivity contribution in [3.63, 3.8) is 0 Å². The number of halogens is 3. The molecule has 0 spiro atoms. The molecule has 0 aliphatic rings. The Balaban J connectivity index is 2.35. The molecule has 0 saturated heterocycles. The summed E-state index contributed by atoms with van der Waals surface area (Å²) in [4.78, 5) is 18.7. The molecule has 3 N–H and O–H groups in total. The lowest BCUT2D eigenvalue weighted by molar-refractivity contribution is -0.274. The molecule has 1 aromatic heterocycles. The summed E-state index contributed by atoms with van der Waals surface area (Å²) in [6.07, 6.45) is -4.80. The number of hydrogen-bond acceptors (Lipinski definition) is 6. The number of nitrogens with zero attached hydrogens (tertiary/aromatic N) is 2. The van der Waals surface area contributed by atoms with Gasteiger partial charge < -0.3 is 20.5 Å². The number of nitrogens with one attached hydrogen (secondary N) is 2. The predicted octanol–water partition coefficient (Wildman–Crippen LogP) is 2.58. The second kappa shape index (κ2) is 7.02. The normalized spacial score (nSPS) is 11.0. The van der Waals surface area contributed by atoms with Gasteiger partial charge in [0.15, 0.2) is 0 Å². The molecule has 0 bridgehead atoms. The van der Waals surface area contributed by atoms with Crippen molar-refractivity contribution >= 4 is 17.7 Å².